The van der Waals surface area contributed by atoms with Crippen molar-refractivity contribution in [1.29, 1.82) is 0 Å². The van der Waals surface area contributed by atoms with Gasteiger partial charge in [0.25, 0.3) is 5.91 Å². The summed E-state index contributed by atoms with van der Waals surface area (Å²) >= 11 is 1.64. The fourth-order valence-corrected chi connectivity index (χ4v) is 4.94. The van der Waals surface area contributed by atoms with Gasteiger partial charge in [-0.2, -0.15) is 11.8 Å². The van der Waals surface area contributed by atoms with Crippen LogP contribution in [0.4, 0.5) is 0 Å². The lowest BCUT2D eigenvalue weighted by Gasteiger charge is -2.45. The van der Waals surface area contributed by atoms with E-state index >= 15 is 0 Å². The van der Waals surface area contributed by atoms with Crippen molar-refractivity contribution in [2.45, 2.75) is 24.8 Å². The highest BCUT2D eigenvalue weighted by Crippen LogP contribution is 2.21. The molecule has 2 aliphatic rings. The van der Waals surface area contributed by atoms with Crippen LogP contribution in [0.15, 0.2) is 54.6 Å². The molecule has 156 valence electrons. The zero-order valence-electron chi connectivity index (χ0n) is 16.9. The molecule has 4 rings (SSSR count). The summed E-state index contributed by atoms with van der Waals surface area (Å²) in [7, 11) is 0. The average molecular weight is 424 g/mol. The van der Waals surface area contributed by atoms with E-state index in [2.05, 4.69) is 17.4 Å². The molecule has 0 spiro atoms. The molecule has 2 heterocycles. The highest BCUT2D eigenvalue weighted by Gasteiger charge is 2.44. The summed E-state index contributed by atoms with van der Waals surface area (Å²) in [5.74, 6) is 1.00. The molecule has 0 bridgehead atoms. The standard InChI is InChI=1S/C23H25N3O3S/c1-16-6-5-9-18(12-16)22(28)25-10-11-26-20(13-25)21(27)24-19(23(26)29)15-30-14-17-7-3-2-4-8-17/h2-9,12,19-20H,10-11,13-15H2,1H3,(H,24,27)/t19-,20+/m0/s1. The van der Waals surface area contributed by atoms with Gasteiger partial charge >= 0.3 is 0 Å². The minimum absolute atomic E-state index is 0.0529. The molecule has 1 N–H and O–H groups in total. The Morgan fingerprint density at radius 2 is 1.90 bits per heavy atom. The minimum atomic E-state index is -0.615. The molecule has 7 heteroatoms. The highest BCUT2D eigenvalue weighted by atomic mass is 32.2. The lowest BCUT2D eigenvalue weighted by Crippen LogP contribution is -2.70. The number of hydrogen-bond donors (Lipinski definition) is 1. The molecule has 2 aromatic rings. The first kappa shape index (κ1) is 20.5. The monoisotopic (exact) mass is 423 g/mol. The number of carbonyl (C=O) groups is 3. The van der Waals surface area contributed by atoms with Crippen LogP contribution in [0.1, 0.15) is 21.5 Å². The van der Waals surface area contributed by atoms with Crippen LogP contribution in [0.5, 0.6) is 0 Å². The van der Waals surface area contributed by atoms with E-state index in [4.69, 9.17) is 0 Å². The van der Waals surface area contributed by atoms with Gasteiger partial charge in [0.05, 0.1) is 6.54 Å². The number of aryl methyl sites for hydroxylation is 1. The maximum absolute atomic E-state index is 12.9. The first-order valence-corrected chi connectivity index (χ1v) is 11.3. The topological polar surface area (TPSA) is 69.7 Å². The number of hydrogen-bond acceptors (Lipinski definition) is 4. The molecule has 3 amide bonds. The van der Waals surface area contributed by atoms with E-state index < -0.39 is 12.1 Å². The minimum Gasteiger partial charge on any atom is -0.342 e. The first-order valence-electron chi connectivity index (χ1n) is 10.1. The van der Waals surface area contributed by atoms with Gasteiger partial charge in [-0.15, -0.1) is 0 Å². The Balaban J connectivity index is 1.36. The van der Waals surface area contributed by atoms with Crippen LogP contribution < -0.4 is 5.32 Å². The Labute approximate surface area is 180 Å². The zero-order valence-corrected chi connectivity index (χ0v) is 17.7. The molecule has 6 nitrogen and oxygen atoms in total. The van der Waals surface area contributed by atoms with E-state index in [-0.39, 0.29) is 24.3 Å². The molecule has 2 atom stereocenters. The van der Waals surface area contributed by atoms with Gasteiger partial charge in [0, 0.05) is 30.2 Å². The van der Waals surface area contributed by atoms with Crippen molar-refractivity contribution in [3.8, 4) is 0 Å². The lowest BCUT2D eigenvalue weighted by molar-refractivity contribution is -0.151. The molecule has 2 fully saturated rings. The summed E-state index contributed by atoms with van der Waals surface area (Å²) in [6.07, 6.45) is 0. The Kier molecular flexibility index (Phi) is 6.08. The van der Waals surface area contributed by atoms with Gasteiger partial charge in [-0.3, -0.25) is 14.4 Å². The quantitative estimate of drug-likeness (QED) is 0.800. The SMILES string of the molecule is Cc1cccc(C(=O)N2CCN3C(=O)[C@H](CSCc4ccccc4)NC(=O)[C@H]3C2)c1. The molecule has 0 aliphatic carbocycles. The van der Waals surface area contributed by atoms with E-state index in [0.717, 1.165) is 11.3 Å². The van der Waals surface area contributed by atoms with Gasteiger partial charge in [0.15, 0.2) is 0 Å². The second-order valence-electron chi connectivity index (χ2n) is 7.73. The summed E-state index contributed by atoms with van der Waals surface area (Å²) in [6.45, 7) is 2.99. The number of nitrogens with zero attached hydrogens (tertiary/aromatic N) is 2. The molecule has 2 aromatic carbocycles. The predicted molar refractivity (Wildman–Crippen MR) is 117 cm³/mol. The van der Waals surface area contributed by atoms with Crippen LogP contribution in [-0.2, 0) is 15.3 Å². The van der Waals surface area contributed by atoms with Gasteiger partial charge in [-0.05, 0) is 24.6 Å². The Morgan fingerprint density at radius 3 is 2.67 bits per heavy atom. The van der Waals surface area contributed by atoms with Crippen molar-refractivity contribution in [3.05, 3.63) is 71.3 Å². The van der Waals surface area contributed by atoms with Gasteiger partial charge in [-0.1, -0.05) is 48.0 Å². The summed E-state index contributed by atoms with van der Waals surface area (Å²) < 4.78 is 0. The second kappa shape index (κ2) is 8.92. The van der Waals surface area contributed by atoms with E-state index in [0.29, 0.717) is 24.4 Å². The third-order valence-electron chi connectivity index (χ3n) is 5.53. The van der Waals surface area contributed by atoms with Crippen molar-refractivity contribution >= 4 is 29.5 Å². The molecule has 2 saturated heterocycles. The zero-order chi connectivity index (χ0) is 21.1. The van der Waals surface area contributed by atoms with Crippen molar-refractivity contribution in [1.82, 2.24) is 15.1 Å². The third-order valence-corrected chi connectivity index (χ3v) is 6.64. The number of piperazine rings is 2. The van der Waals surface area contributed by atoms with Crippen LogP contribution >= 0.6 is 11.8 Å². The normalized spacial score (nSPS) is 21.2. The molecule has 2 aliphatic heterocycles. The summed E-state index contributed by atoms with van der Waals surface area (Å²) in [4.78, 5) is 41.8. The summed E-state index contributed by atoms with van der Waals surface area (Å²) in [6, 6.07) is 16.4. The fourth-order valence-electron chi connectivity index (χ4n) is 3.93. The van der Waals surface area contributed by atoms with Crippen molar-refractivity contribution in [3.63, 3.8) is 0 Å². The largest absolute Gasteiger partial charge is 0.342 e. The van der Waals surface area contributed by atoms with Crippen LogP contribution in [0.2, 0.25) is 0 Å². The van der Waals surface area contributed by atoms with Gasteiger partial charge in [0.1, 0.15) is 12.1 Å². The number of amides is 3. The number of thioether (sulfide) groups is 1. The number of nitrogens with one attached hydrogen (secondary N) is 1. The van der Waals surface area contributed by atoms with Gasteiger partial charge in [0.2, 0.25) is 11.8 Å². The van der Waals surface area contributed by atoms with E-state index in [9.17, 15) is 14.4 Å². The summed E-state index contributed by atoms with van der Waals surface area (Å²) in [5.41, 5.74) is 2.82. The molecular weight excluding hydrogens is 398 g/mol. The van der Waals surface area contributed by atoms with Crippen LogP contribution in [-0.4, -0.2) is 65.0 Å². The van der Waals surface area contributed by atoms with Crippen LogP contribution in [0, 0.1) is 6.92 Å². The molecule has 0 unspecified atom stereocenters. The highest BCUT2D eigenvalue weighted by molar-refractivity contribution is 7.98. The maximum Gasteiger partial charge on any atom is 0.254 e. The first-order chi connectivity index (χ1) is 14.5. The van der Waals surface area contributed by atoms with E-state index in [1.54, 1.807) is 27.6 Å². The fraction of sp³-hybridized carbons (Fsp3) is 0.348. The Hall–Kier alpha value is -2.80. The molecule has 0 radical (unpaired) electrons. The molecular formula is C23H25N3O3S. The van der Waals surface area contributed by atoms with Crippen molar-refractivity contribution in [2.24, 2.45) is 0 Å². The third kappa shape index (κ3) is 4.36. The van der Waals surface area contributed by atoms with Crippen molar-refractivity contribution in [2.75, 3.05) is 25.4 Å². The number of benzene rings is 2. The Bertz CT molecular complexity index is 950. The summed E-state index contributed by atoms with van der Waals surface area (Å²) in [5, 5.41) is 2.87. The average Bonchev–Trinajstić information content (AvgIpc) is 2.77. The molecule has 0 aromatic heterocycles. The van der Waals surface area contributed by atoms with Crippen molar-refractivity contribution < 1.29 is 14.4 Å². The van der Waals surface area contributed by atoms with Gasteiger partial charge in [-0.25, -0.2) is 0 Å². The van der Waals surface area contributed by atoms with Crippen LogP contribution in [0.3, 0.4) is 0 Å². The number of carbonyl (C=O) groups excluding carboxylic acids is 3. The Morgan fingerprint density at radius 1 is 1.10 bits per heavy atom. The van der Waals surface area contributed by atoms with E-state index in [1.165, 1.54) is 5.56 Å². The number of fused-ring (bicyclic) bond motifs is 1. The molecule has 0 saturated carbocycles. The second-order valence-corrected chi connectivity index (χ2v) is 8.76. The smallest absolute Gasteiger partial charge is 0.254 e. The van der Waals surface area contributed by atoms with E-state index in [1.807, 2.05) is 43.3 Å². The number of rotatable bonds is 5. The maximum atomic E-state index is 12.9. The predicted octanol–water partition coefficient (Wildman–Crippen LogP) is 2.08. The molecule has 30 heavy (non-hydrogen) atoms. The van der Waals surface area contributed by atoms with Gasteiger partial charge < -0.3 is 15.1 Å². The lowest BCUT2D eigenvalue weighted by atomic mass is 10.0. The van der Waals surface area contributed by atoms with Crippen LogP contribution in [0.25, 0.3) is 0 Å².